The zero-order chi connectivity index (χ0) is 14.3. The van der Waals surface area contributed by atoms with Crippen molar-refractivity contribution in [2.45, 2.75) is 52.4 Å². The van der Waals surface area contributed by atoms with E-state index in [0.29, 0.717) is 12.3 Å². The van der Waals surface area contributed by atoms with E-state index >= 15 is 0 Å². The van der Waals surface area contributed by atoms with Crippen molar-refractivity contribution in [1.29, 1.82) is 0 Å². The van der Waals surface area contributed by atoms with Crippen molar-refractivity contribution in [2.75, 3.05) is 0 Å². The number of Topliss-reactive ketones (excluding diaryl/α,β-unsaturated/α-hetero) is 1. The summed E-state index contributed by atoms with van der Waals surface area (Å²) < 4.78 is 26.5. The molecule has 106 valence electrons. The molecule has 0 aliphatic rings. The van der Waals surface area contributed by atoms with Gasteiger partial charge in [-0.25, -0.2) is 8.78 Å². The summed E-state index contributed by atoms with van der Waals surface area (Å²) in [6.45, 7) is 4.19. The average Bonchev–Trinajstić information content (AvgIpc) is 2.40. The largest absolute Gasteiger partial charge is 0.299 e. The maximum atomic E-state index is 13.5. The minimum absolute atomic E-state index is 0.00699. The van der Waals surface area contributed by atoms with Gasteiger partial charge in [-0.3, -0.25) is 4.79 Å². The van der Waals surface area contributed by atoms with Gasteiger partial charge in [0.05, 0.1) is 0 Å². The Morgan fingerprint density at radius 1 is 1.26 bits per heavy atom. The molecule has 19 heavy (non-hydrogen) atoms. The van der Waals surface area contributed by atoms with E-state index in [1.165, 1.54) is 12.1 Å². The van der Waals surface area contributed by atoms with Gasteiger partial charge in [0.1, 0.15) is 5.78 Å². The van der Waals surface area contributed by atoms with E-state index in [-0.39, 0.29) is 17.8 Å². The van der Waals surface area contributed by atoms with Crippen LogP contribution in [0.2, 0.25) is 0 Å². The highest BCUT2D eigenvalue weighted by atomic mass is 19.2. The lowest BCUT2D eigenvalue weighted by atomic mass is 9.92. The van der Waals surface area contributed by atoms with Crippen LogP contribution in [0.3, 0.4) is 0 Å². The minimum atomic E-state index is -0.891. The molecule has 0 radical (unpaired) electrons. The Morgan fingerprint density at radius 3 is 2.63 bits per heavy atom. The van der Waals surface area contributed by atoms with E-state index in [2.05, 4.69) is 13.8 Å². The number of benzene rings is 1. The second kappa shape index (κ2) is 8.03. The Labute approximate surface area is 114 Å². The van der Waals surface area contributed by atoms with Gasteiger partial charge >= 0.3 is 0 Å². The SMILES string of the molecule is CCCCC(CC)CC(=O)Cc1cccc(F)c1F. The predicted molar refractivity (Wildman–Crippen MR) is 73.0 cm³/mol. The summed E-state index contributed by atoms with van der Waals surface area (Å²) in [6, 6.07) is 3.98. The van der Waals surface area contributed by atoms with Crippen molar-refractivity contribution < 1.29 is 13.6 Å². The molecule has 0 aliphatic heterocycles. The molecule has 1 aromatic carbocycles. The van der Waals surface area contributed by atoms with Crippen LogP contribution in [0.15, 0.2) is 18.2 Å². The second-order valence-electron chi connectivity index (χ2n) is 5.05. The van der Waals surface area contributed by atoms with Gasteiger partial charge < -0.3 is 0 Å². The summed E-state index contributed by atoms with van der Waals surface area (Å²) in [5.74, 6) is -1.42. The summed E-state index contributed by atoms with van der Waals surface area (Å²) >= 11 is 0. The Hall–Kier alpha value is -1.25. The van der Waals surface area contributed by atoms with Gasteiger partial charge in [0.15, 0.2) is 11.6 Å². The third-order valence-corrected chi connectivity index (χ3v) is 3.48. The third-order valence-electron chi connectivity index (χ3n) is 3.48. The van der Waals surface area contributed by atoms with E-state index in [9.17, 15) is 13.6 Å². The normalized spacial score (nSPS) is 12.4. The maximum Gasteiger partial charge on any atom is 0.162 e. The van der Waals surface area contributed by atoms with Crippen LogP contribution in [0.1, 0.15) is 51.5 Å². The molecule has 1 rings (SSSR count). The zero-order valence-electron chi connectivity index (χ0n) is 11.7. The molecule has 0 heterocycles. The first-order valence-electron chi connectivity index (χ1n) is 7.03. The van der Waals surface area contributed by atoms with Crippen molar-refractivity contribution in [2.24, 2.45) is 5.92 Å². The number of unbranched alkanes of at least 4 members (excludes halogenated alkanes) is 1. The lowest BCUT2D eigenvalue weighted by Gasteiger charge is -2.13. The van der Waals surface area contributed by atoms with Gasteiger partial charge in [0, 0.05) is 12.8 Å². The summed E-state index contributed by atoms with van der Waals surface area (Å²) in [4.78, 5) is 11.9. The Kier molecular flexibility index (Phi) is 6.68. The molecule has 0 spiro atoms. The lowest BCUT2D eigenvalue weighted by molar-refractivity contribution is -0.119. The van der Waals surface area contributed by atoms with Crippen molar-refractivity contribution in [3.8, 4) is 0 Å². The van der Waals surface area contributed by atoms with Crippen LogP contribution in [0.25, 0.3) is 0 Å². The summed E-state index contributed by atoms with van der Waals surface area (Å²) in [5.41, 5.74) is 0.162. The minimum Gasteiger partial charge on any atom is -0.299 e. The van der Waals surface area contributed by atoms with Gasteiger partial charge in [0.2, 0.25) is 0 Å². The molecular weight excluding hydrogens is 246 g/mol. The number of carbonyl (C=O) groups excluding carboxylic acids is 1. The zero-order valence-corrected chi connectivity index (χ0v) is 11.7. The van der Waals surface area contributed by atoms with E-state index < -0.39 is 11.6 Å². The number of rotatable bonds is 8. The molecule has 1 unspecified atom stereocenters. The Bertz CT molecular complexity index is 415. The van der Waals surface area contributed by atoms with Crippen LogP contribution in [0, 0.1) is 17.6 Å². The topological polar surface area (TPSA) is 17.1 Å². The number of ketones is 1. The second-order valence-corrected chi connectivity index (χ2v) is 5.05. The van der Waals surface area contributed by atoms with Crippen molar-refractivity contribution >= 4 is 5.78 Å². The molecule has 1 aromatic rings. The first-order chi connectivity index (χ1) is 9.08. The van der Waals surface area contributed by atoms with Gasteiger partial charge in [-0.05, 0) is 17.5 Å². The molecule has 0 aromatic heterocycles. The Balaban J connectivity index is 2.56. The van der Waals surface area contributed by atoms with E-state index in [1.807, 2.05) is 0 Å². The number of hydrogen-bond acceptors (Lipinski definition) is 1. The molecule has 1 nitrogen and oxygen atoms in total. The van der Waals surface area contributed by atoms with Crippen molar-refractivity contribution in [3.63, 3.8) is 0 Å². The number of carbonyl (C=O) groups is 1. The Morgan fingerprint density at radius 2 is 2.00 bits per heavy atom. The van der Waals surface area contributed by atoms with Gasteiger partial charge in [0.25, 0.3) is 0 Å². The predicted octanol–water partition coefficient (Wildman–Crippen LogP) is 4.68. The standard InChI is InChI=1S/C16H22F2O/c1-3-5-7-12(4-2)10-14(19)11-13-8-6-9-15(17)16(13)18/h6,8-9,12H,3-5,7,10-11H2,1-2H3. The number of halogens is 2. The highest BCUT2D eigenvalue weighted by Crippen LogP contribution is 2.19. The third kappa shape index (κ3) is 5.09. The van der Waals surface area contributed by atoms with Gasteiger partial charge in [-0.15, -0.1) is 0 Å². The van der Waals surface area contributed by atoms with Crippen LogP contribution >= 0.6 is 0 Å². The lowest BCUT2D eigenvalue weighted by Crippen LogP contribution is -2.11. The van der Waals surface area contributed by atoms with E-state index in [1.54, 1.807) is 0 Å². The fourth-order valence-electron chi connectivity index (χ4n) is 2.23. The molecule has 1 atom stereocenters. The molecule has 0 N–H and O–H groups in total. The molecule has 0 saturated heterocycles. The van der Waals surface area contributed by atoms with Gasteiger partial charge in [-0.2, -0.15) is 0 Å². The highest BCUT2D eigenvalue weighted by Gasteiger charge is 2.15. The fourth-order valence-corrected chi connectivity index (χ4v) is 2.23. The fraction of sp³-hybridized carbons (Fsp3) is 0.562. The molecule has 0 fully saturated rings. The van der Waals surface area contributed by atoms with Crippen LogP contribution < -0.4 is 0 Å². The van der Waals surface area contributed by atoms with E-state index in [0.717, 1.165) is 31.7 Å². The van der Waals surface area contributed by atoms with Crippen LogP contribution in [0.4, 0.5) is 8.78 Å². The van der Waals surface area contributed by atoms with Crippen LogP contribution in [-0.4, -0.2) is 5.78 Å². The molecule has 0 bridgehead atoms. The molecule has 0 aliphatic carbocycles. The van der Waals surface area contributed by atoms with Crippen molar-refractivity contribution in [3.05, 3.63) is 35.4 Å². The molecule has 0 saturated carbocycles. The van der Waals surface area contributed by atoms with Gasteiger partial charge in [-0.1, -0.05) is 51.7 Å². The average molecular weight is 268 g/mol. The smallest absolute Gasteiger partial charge is 0.162 e. The number of hydrogen-bond donors (Lipinski definition) is 0. The molecule has 3 heteroatoms. The van der Waals surface area contributed by atoms with E-state index in [4.69, 9.17) is 0 Å². The summed E-state index contributed by atoms with van der Waals surface area (Å²) in [7, 11) is 0. The molecular formula is C16H22F2O. The maximum absolute atomic E-state index is 13.5. The highest BCUT2D eigenvalue weighted by molar-refractivity contribution is 5.81. The summed E-state index contributed by atoms with van der Waals surface area (Å²) in [6.07, 6.45) is 4.67. The quantitative estimate of drug-likeness (QED) is 0.669. The summed E-state index contributed by atoms with van der Waals surface area (Å²) in [5, 5.41) is 0. The first-order valence-corrected chi connectivity index (χ1v) is 7.03. The van der Waals surface area contributed by atoms with Crippen LogP contribution in [0.5, 0.6) is 0 Å². The monoisotopic (exact) mass is 268 g/mol. The first kappa shape index (κ1) is 15.8. The molecule has 0 amide bonds. The van der Waals surface area contributed by atoms with Crippen molar-refractivity contribution in [1.82, 2.24) is 0 Å². The van der Waals surface area contributed by atoms with Crippen LogP contribution in [-0.2, 0) is 11.2 Å².